The van der Waals surface area contributed by atoms with E-state index in [1.54, 1.807) is 32.4 Å². The number of hydrogen-bond donors (Lipinski definition) is 2. The van der Waals surface area contributed by atoms with Crippen LogP contribution < -0.4 is 24.8 Å². The van der Waals surface area contributed by atoms with E-state index in [4.69, 9.17) is 14.2 Å². The molecule has 0 bridgehead atoms. The van der Waals surface area contributed by atoms with Gasteiger partial charge in [0.05, 0.1) is 32.8 Å². The number of hydrogen-bond acceptors (Lipinski definition) is 6. The summed E-state index contributed by atoms with van der Waals surface area (Å²) in [4.78, 5) is 29.4. The fraction of sp³-hybridized carbons (Fsp3) is 0.409. The predicted octanol–water partition coefficient (Wildman–Crippen LogP) is 2.32. The molecule has 1 heterocycles. The number of carbonyl (C=O) groups is 2. The van der Waals surface area contributed by atoms with Crippen LogP contribution in [0.3, 0.4) is 0 Å². The van der Waals surface area contributed by atoms with Crippen molar-refractivity contribution in [1.29, 1.82) is 0 Å². The van der Waals surface area contributed by atoms with Crippen molar-refractivity contribution >= 4 is 11.8 Å². The Morgan fingerprint density at radius 3 is 2.37 bits per heavy atom. The summed E-state index contributed by atoms with van der Waals surface area (Å²) in [5.41, 5.74) is 1.31. The molecule has 0 radical (unpaired) electrons. The van der Waals surface area contributed by atoms with Crippen molar-refractivity contribution in [2.75, 3.05) is 21.3 Å². The van der Waals surface area contributed by atoms with Gasteiger partial charge in [0.2, 0.25) is 11.8 Å². The van der Waals surface area contributed by atoms with Crippen molar-refractivity contribution in [1.82, 2.24) is 15.6 Å². The fourth-order valence-electron chi connectivity index (χ4n) is 3.62. The average Bonchev–Trinajstić information content (AvgIpc) is 3.25. The van der Waals surface area contributed by atoms with E-state index in [9.17, 15) is 9.59 Å². The highest BCUT2D eigenvalue weighted by Crippen LogP contribution is 2.27. The molecule has 2 atom stereocenters. The SMILES string of the molecule is COc1cc(CNC(=O)[C@H]2CCC[C@H]2NC(=O)c2ccc(OC)nc2)cc(OC)c1. The number of amides is 2. The van der Waals surface area contributed by atoms with Gasteiger partial charge in [0, 0.05) is 30.9 Å². The van der Waals surface area contributed by atoms with E-state index in [1.165, 1.54) is 13.3 Å². The van der Waals surface area contributed by atoms with Gasteiger partial charge in [0.1, 0.15) is 11.5 Å². The quantitative estimate of drug-likeness (QED) is 0.689. The first-order chi connectivity index (χ1) is 14.5. The molecule has 8 heteroatoms. The number of carbonyl (C=O) groups excluding carboxylic acids is 2. The molecule has 1 aliphatic carbocycles. The minimum atomic E-state index is -0.271. The van der Waals surface area contributed by atoms with Gasteiger partial charge in [-0.3, -0.25) is 9.59 Å². The lowest BCUT2D eigenvalue weighted by Crippen LogP contribution is -2.43. The van der Waals surface area contributed by atoms with Gasteiger partial charge < -0.3 is 24.8 Å². The molecule has 1 aliphatic rings. The van der Waals surface area contributed by atoms with Crippen molar-refractivity contribution in [3.05, 3.63) is 47.7 Å². The van der Waals surface area contributed by atoms with Crippen molar-refractivity contribution in [2.45, 2.75) is 31.8 Å². The lowest BCUT2D eigenvalue weighted by molar-refractivity contribution is -0.125. The standard InChI is InChI=1S/C22H27N3O5/c1-28-16-9-14(10-17(11-16)29-2)12-24-22(27)18-5-4-6-19(18)25-21(26)15-7-8-20(30-3)23-13-15/h7-11,13,18-19H,4-6,12H2,1-3H3,(H,24,27)(H,25,26)/t18-,19+/m0/s1. The molecule has 1 fully saturated rings. The second-order valence-corrected chi connectivity index (χ2v) is 7.15. The van der Waals surface area contributed by atoms with E-state index in [0.29, 0.717) is 29.5 Å². The number of nitrogens with zero attached hydrogens (tertiary/aromatic N) is 1. The third kappa shape index (κ3) is 5.20. The van der Waals surface area contributed by atoms with Gasteiger partial charge in [0.15, 0.2) is 0 Å². The van der Waals surface area contributed by atoms with Gasteiger partial charge in [-0.15, -0.1) is 0 Å². The average molecular weight is 413 g/mol. The summed E-state index contributed by atoms with van der Waals surface area (Å²) < 4.78 is 15.5. The molecule has 2 aromatic rings. The van der Waals surface area contributed by atoms with Crippen LogP contribution >= 0.6 is 0 Å². The monoisotopic (exact) mass is 413 g/mol. The van der Waals surface area contributed by atoms with Gasteiger partial charge in [-0.25, -0.2) is 4.98 Å². The number of aromatic nitrogens is 1. The summed E-state index contributed by atoms with van der Waals surface area (Å²) in [6.45, 7) is 0.353. The lowest BCUT2D eigenvalue weighted by atomic mass is 10.0. The number of nitrogens with one attached hydrogen (secondary N) is 2. The minimum Gasteiger partial charge on any atom is -0.497 e. The summed E-state index contributed by atoms with van der Waals surface area (Å²) in [6, 6.07) is 8.57. The molecule has 1 aromatic heterocycles. The van der Waals surface area contributed by atoms with Gasteiger partial charge >= 0.3 is 0 Å². The summed E-state index contributed by atoms with van der Waals surface area (Å²) in [6.07, 6.45) is 3.85. The van der Waals surface area contributed by atoms with Gasteiger partial charge in [-0.1, -0.05) is 6.42 Å². The second-order valence-electron chi connectivity index (χ2n) is 7.15. The Labute approximate surface area is 175 Å². The number of methoxy groups -OCH3 is 3. The summed E-state index contributed by atoms with van der Waals surface area (Å²) in [7, 11) is 4.69. The highest BCUT2D eigenvalue weighted by Gasteiger charge is 2.34. The topological polar surface area (TPSA) is 98.8 Å². The van der Waals surface area contributed by atoms with Crippen LogP contribution in [0.2, 0.25) is 0 Å². The molecule has 3 rings (SSSR count). The smallest absolute Gasteiger partial charge is 0.253 e. The largest absolute Gasteiger partial charge is 0.497 e. The zero-order valence-corrected chi connectivity index (χ0v) is 17.4. The van der Waals surface area contributed by atoms with E-state index in [2.05, 4.69) is 15.6 Å². The third-order valence-electron chi connectivity index (χ3n) is 5.25. The van der Waals surface area contributed by atoms with E-state index < -0.39 is 0 Å². The highest BCUT2D eigenvalue weighted by molar-refractivity contribution is 5.94. The first kappa shape index (κ1) is 21.4. The summed E-state index contributed by atoms with van der Waals surface area (Å²) in [5, 5.41) is 5.95. The molecule has 160 valence electrons. The Bertz CT molecular complexity index is 863. The zero-order valence-electron chi connectivity index (χ0n) is 17.4. The molecule has 8 nitrogen and oxygen atoms in total. The molecule has 0 saturated heterocycles. The molecule has 0 unspecified atom stereocenters. The predicted molar refractivity (Wildman–Crippen MR) is 111 cm³/mol. The molecule has 30 heavy (non-hydrogen) atoms. The fourth-order valence-corrected chi connectivity index (χ4v) is 3.62. The van der Waals surface area contributed by atoms with E-state index >= 15 is 0 Å². The van der Waals surface area contributed by atoms with E-state index in [-0.39, 0.29) is 23.8 Å². The van der Waals surface area contributed by atoms with Crippen LogP contribution in [0.4, 0.5) is 0 Å². The molecular weight excluding hydrogens is 386 g/mol. The minimum absolute atomic E-state index is 0.0764. The van der Waals surface area contributed by atoms with Crippen LogP contribution in [-0.4, -0.2) is 44.2 Å². The molecule has 2 N–H and O–H groups in total. The normalized spacial score (nSPS) is 17.8. The van der Waals surface area contributed by atoms with Crippen LogP contribution in [0.5, 0.6) is 17.4 Å². The van der Waals surface area contributed by atoms with Crippen molar-refractivity contribution in [2.24, 2.45) is 5.92 Å². The van der Waals surface area contributed by atoms with Crippen LogP contribution in [0.25, 0.3) is 0 Å². The number of rotatable bonds is 8. The van der Waals surface area contributed by atoms with E-state index in [1.807, 2.05) is 12.1 Å². The highest BCUT2D eigenvalue weighted by atomic mass is 16.5. The Morgan fingerprint density at radius 2 is 1.77 bits per heavy atom. The van der Waals surface area contributed by atoms with Crippen molar-refractivity contribution < 1.29 is 23.8 Å². The lowest BCUT2D eigenvalue weighted by Gasteiger charge is -2.21. The maximum atomic E-state index is 12.8. The number of pyridine rings is 1. The first-order valence-electron chi connectivity index (χ1n) is 9.84. The molecule has 1 saturated carbocycles. The van der Waals surface area contributed by atoms with Crippen LogP contribution in [0.15, 0.2) is 36.5 Å². The van der Waals surface area contributed by atoms with Gasteiger partial charge in [-0.05, 0) is 36.6 Å². The van der Waals surface area contributed by atoms with Crippen LogP contribution in [-0.2, 0) is 11.3 Å². The molecule has 0 spiro atoms. The molecular formula is C22H27N3O5. The summed E-state index contributed by atoms with van der Waals surface area (Å²) >= 11 is 0. The summed E-state index contributed by atoms with van der Waals surface area (Å²) in [5.74, 6) is 1.18. The van der Waals surface area contributed by atoms with Crippen LogP contribution in [0, 0.1) is 5.92 Å². The van der Waals surface area contributed by atoms with Crippen LogP contribution in [0.1, 0.15) is 35.2 Å². The Balaban J connectivity index is 1.59. The number of ether oxygens (including phenoxy) is 3. The van der Waals surface area contributed by atoms with Gasteiger partial charge in [0.25, 0.3) is 5.91 Å². The van der Waals surface area contributed by atoms with Gasteiger partial charge in [-0.2, -0.15) is 0 Å². The zero-order chi connectivity index (χ0) is 21.5. The molecule has 0 aliphatic heterocycles. The second kappa shape index (κ2) is 9.96. The maximum absolute atomic E-state index is 12.8. The Morgan fingerprint density at radius 1 is 1.03 bits per heavy atom. The Kier molecular flexibility index (Phi) is 7.11. The first-order valence-corrected chi connectivity index (χ1v) is 9.84. The maximum Gasteiger partial charge on any atom is 0.253 e. The van der Waals surface area contributed by atoms with E-state index in [0.717, 1.165) is 24.8 Å². The third-order valence-corrected chi connectivity index (χ3v) is 5.25. The number of benzene rings is 1. The Hall–Kier alpha value is -3.29. The molecule has 1 aromatic carbocycles. The molecule has 2 amide bonds. The van der Waals surface area contributed by atoms with Crippen molar-refractivity contribution in [3.8, 4) is 17.4 Å². The van der Waals surface area contributed by atoms with Crippen molar-refractivity contribution in [3.63, 3.8) is 0 Å².